The van der Waals surface area contributed by atoms with E-state index >= 15 is 0 Å². The average Bonchev–Trinajstić information content (AvgIpc) is 2.36. The maximum Gasteiger partial charge on any atom is 0.416 e. The third-order valence-electron chi connectivity index (χ3n) is 2.92. The lowest BCUT2D eigenvalue weighted by Gasteiger charge is -2.15. The number of alkyl halides is 3. The van der Waals surface area contributed by atoms with Gasteiger partial charge < -0.3 is 5.11 Å². The molecule has 0 amide bonds. The summed E-state index contributed by atoms with van der Waals surface area (Å²) in [4.78, 5) is 0. The van der Waals surface area contributed by atoms with E-state index in [-0.39, 0.29) is 5.56 Å². The third-order valence-corrected chi connectivity index (χ3v) is 2.92. The number of rotatable bonds is 2. The number of aliphatic hydroxyl groups excluding tert-OH is 1. The number of aliphatic hydroxyl groups is 1. The Morgan fingerprint density at radius 2 is 1.70 bits per heavy atom. The van der Waals surface area contributed by atoms with Gasteiger partial charge in [-0.05, 0) is 36.2 Å². The highest BCUT2D eigenvalue weighted by molar-refractivity contribution is 5.35. The van der Waals surface area contributed by atoms with Gasteiger partial charge in [0.25, 0.3) is 0 Å². The number of hydrogen-bond donors (Lipinski definition) is 1. The van der Waals surface area contributed by atoms with E-state index in [1.165, 1.54) is 0 Å². The highest BCUT2D eigenvalue weighted by atomic mass is 19.4. The monoisotopic (exact) mass is 284 g/mol. The summed E-state index contributed by atoms with van der Waals surface area (Å²) in [6, 6.07) is 8.77. The summed E-state index contributed by atoms with van der Waals surface area (Å²) in [6.07, 6.45) is -5.95. The van der Waals surface area contributed by atoms with E-state index in [0.717, 1.165) is 17.7 Å². The van der Waals surface area contributed by atoms with Crippen LogP contribution in [-0.2, 0) is 6.18 Å². The topological polar surface area (TPSA) is 20.2 Å². The molecule has 1 unspecified atom stereocenters. The fraction of sp³-hybridized carbons (Fsp3) is 0.200. The normalized spacial score (nSPS) is 13.3. The van der Waals surface area contributed by atoms with Gasteiger partial charge in [-0.3, -0.25) is 0 Å². The predicted molar refractivity (Wildman–Crippen MR) is 66.6 cm³/mol. The summed E-state index contributed by atoms with van der Waals surface area (Å²) < 4.78 is 51.2. The van der Waals surface area contributed by atoms with Gasteiger partial charge in [0.1, 0.15) is 11.9 Å². The Morgan fingerprint density at radius 3 is 2.30 bits per heavy atom. The molecule has 0 saturated heterocycles. The van der Waals surface area contributed by atoms with Crippen LogP contribution in [0.2, 0.25) is 0 Å². The Bertz CT molecular complexity index is 620. The molecule has 0 bridgehead atoms. The van der Waals surface area contributed by atoms with Crippen molar-refractivity contribution in [2.24, 2.45) is 0 Å². The Morgan fingerprint density at radius 1 is 1.00 bits per heavy atom. The molecule has 0 aromatic heterocycles. The van der Waals surface area contributed by atoms with Crippen LogP contribution in [0.4, 0.5) is 17.6 Å². The molecule has 0 saturated carbocycles. The smallest absolute Gasteiger partial charge is 0.384 e. The lowest BCUT2D eigenvalue weighted by atomic mass is 9.98. The van der Waals surface area contributed by atoms with E-state index in [4.69, 9.17) is 0 Å². The Balaban J connectivity index is 2.45. The van der Waals surface area contributed by atoms with E-state index in [2.05, 4.69) is 0 Å². The molecule has 0 spiro atoms. The molecule has 0 fully saturated rings. The van der Waals surface area contributed by atoms with E-state index < -0.39 is 23.7 Å². The van der Waals surface area contributed by atoms with Gasteiger partial charge in [-0.25, -0.2) is 4.39 Å². The molecular weight excluding hydrogens is 272 g/mol. The highest BCUT2D eigenvalue weighted by Crippen LogP contribution is 2.33. The van der Waals surface area contributed by atoms with Crippen molar-refractivity contribution in [3.8, 4) is 0 Å². The molecule has 1 N–H and O–H groups in total. The van der Waals surface area contributed by atoms with Crippen LogP contribution in [0, 0.1) is 12.7 Å². The van der Waals surface area contributed by atoms with Crippen LogP contribution >= 0.6 is 0 Å². The van der Waals surface area contributed by atoms with E-state index in [9.17, 15) is 22.7 Å². The summed E-state index contributed by atoms with van der Waals surface area (Å²) in [5.74, 6) is -1.03. The standard InChI is InChI=1S/C15H12F4O/c1-9-3-2-4-10(5-9)14(20)11-6-12(15(17,18)19)8-13(16)7-11/h2-8,14,20H,1H3. The fourth-order valence-corrected chi connectivity index (χ4v) is 1.97. The number of halogens is 4. The Hall–Kier alpha value is -1.88. The fourth-order valence-electron chi connectivity index (χ4n) is 1.97. The summed E-state index contributed by atoms with van der Waals surface area (Å²) in [5, 5.41) is 10.1. The van der Waals surface area contributed by atoms with Crippen LogP contribution in [0.15, 0.2) is 42.5 Å². The summed E-state index contributed by atoms with van der Waals surface area (Å²) in [5.41, 5.74) is 0.0415. The first kappa shape index (κ1) is 14.5. The van der Waals surface area contributed by atoms with E-state index in [1.807, 2.05) is 0 Å². The van der Waals surface area contributed by atoms with Crippen molar-refractivity contribution in [1.82, 2.24) is 0 Å². The molecule has 1 atom stereocenters. The summed E-state index contributed by atoms with van der Waals surface area (Å²) >= 11 is 0. The van der Waals surface area contributed by atoms with Crippen molar-refractivity contribution < 1.29 is 22.7 Å². The molecule has 20 heavy (non-hydrogen) atoms. The Labute approximate surface area is 113 Å². The molecule has 0 aliphatic heterocycles. The second-order valence-electron chi connectivity index (χ2n) is 4.59. The first-order valence-electron chi connectivity index (χ1n) is 5.89. The van der Waals surface area contributed by atoms with Crippen molar-refractivity contribution >= 4 is 0 Å². The predicted octanol–water partition coefficient (Wildman–Crippen LogP) is 4.23. The zero-order valence-corrected chi connectivity index (χ0v) is 10.6. The van der Waals surface area contributed by atoms with Gasteiger partial charge in [-0.15, -0.1) is 0 Å². The summed E-state index contributed by atoms with van der Waals surface area (Å²) in [7, 11) is 0. The van der Waals surface area contributed by atoms with E-state index in [0.29, 0.717) is 11.6 Å². The van der Waals surface area contributed by atoms with Crippen LogP contribution in [0.5, 0.6) is 0 Å². The second-order valence-corrected chi connectivity index (χ2v) is 4.59. The number of hydrogen-bond acceptors (Lipinski definition) is 1. The molecule has 106 valence electrons. The third kappa shape index (κ3) is 3.17. The molecule has 2 aromatic rings. The van der Waals surface area contributed by atoms with Crippen molar-refractivity contribution in [2.75, 3.05) is 0 Å². The van der Waals surface area contributed by atoms with Crippen LogP contribution < -0.4 is 0 Å². The molecule has 0 radical (unpaired) electrons. The van der Waals surface area contributed by atoms with Crippen LogP contribution in [-0.4, -0.2) is 5.11 Å². The van der Waals surface area contributed by atoms with Crippen molar-refractivity contribution in [3.05, 3.63) is 70.5 Å². The molecule has 2 aromatic carbocycles. The van der Waals surface area contributed by atoms with Crippen LogP contribution in [0.1, 0.15) is 28.4 Å². The maximum atomic E-state index is 13.3. The average molecular weight is 284 g/mol. The zero-order valence-electron chi connectivity index (χ0n) is 10.6. The molecule has 0 heterocycles. The van der Waals surface area contributed by atoms with Crippen LogP contribution in [0.3, 0.4) is 0 Å². The molecule has 0 aliphatic carbocycles. The highest BCUT2D eigenvalue weighted by Gasteiger charge is 2.32. The van der Waals surface area contributed by atoms with E-state index in [1.54, 1.807) is 31.2 Å². The molecule has 5 heteroatoms. The molecule has 2 rings (SSSR count). The summed E-state index contributed by atoms with van der Waals surface area (Å²) in [6.45, 7) is 1.79. The zero-order chi connectivity index (χ0) is 14.9. The second kappa shape index (κ2) is 5.25. The van der Waals surface area contributed by atoms with Gasteiger partial charge in [-0.1, -0.05) is 29.8 Å². The molecular formula is C15H12F4O. The minimum atomic E-state index is -4.65. The largest absolute Gasteiger partial charge is 0.416 e. The SMILES string of the molecule is Cc1cccc(C(O)c2cc(F)cc(C(F)(F)F)c2)c1. The van der Waals surface area contributed by atoms with Crippen molar-refractivity contribution in [3.63, 3.8) is 0 Å². The minimum absolute atomic E-state index is 0.122. The van der Waals surface area contributed by atoms with Gasteiger partial charge in [-0.2, -0.15) is 13.2 Å². The Kier molecular flexibility index (Phi) is 3.81. The van der Waals surface area contributed by atoms with Gasteiger partial charge >= 0.3 is 6.18 Å². The van der Waals surface area contributed by atoms with Crippen molar-refractivity contribution in [1.29, 1.82) is 0 Å². The number of aryl methyl sites for hydroxylation is 1. The molecule has 1 nitrogen and oxygen atoms in total. The van der Waals surface area contributed by atoms with Gasteiger partial charge in [0.15, 0.2) is 0 Å². The van der Waals surface area contributed by atoms with Gasteiger partial charge in [0.2, 0.25) is 0 Å². The van der Waals surface area contributed by atoms with Crippen LogP contribution in [0.25, 0.3) is 0 Å². The molecule has 0 aliphatic rings. The van der Waals surface area contributed by atoms with Gasteiger partial charge in [0, 0.05) is 0 Å². The number of benzene rings is 2. The minimum Gasteiger partial charge on any atom is -0.384 e. The van der Waals surface area contributed by atoms with Gasteiger partial charge in [0.05, 0.1) is 5.56 Å². The maximum absolute atomic E-state index is 13.3. The lowest BCUT2D eigenvalue weighted by Crippen LogP contribution is -2.08. The lowest BCUT2D eigenvalue weighted by molar-refractivity contribution is -0.137. The quantitative estimate of drug-likeness (QED) is 0.818. The first-order chi connectivity index (χ1) is 9.27. The van der Waals surface area contributed by atoms with Crippen molar-refractivity contribution in [2.45, 2.75) is 19.2 Å². The first-order valence-corrected chi connectivity index (χ1v) is 5.89.